The van der Waals surface area contributed by atoms with E-state index in [1.807, 2.05) is 31.2 Å². The van der Waals surface area contributed by atoms with Crippen LogP contribution in [0.1, 0.15) is 18.0 Å². The van der Waals surface area contributed by atoms with E-state index < -0.39 is 10.0 Å². The van der Waals surface area contributed by atoms with Crippen molar-refractivity contribution in [3.05, 3.63) is 66.5 Å². The molecule has 1 fully saturated rings. The molecule has 7 nitrogen and oxygen atoms in total. The molecule has 0 radical (unpaired) electrons. The van der Waals surface area contributed by atoms with Gasteiger partial charge in [-0.25, -0.2) is 8.42 Å². The normalized spacial score (nSPS) is 17.9. The average Bonchev–Trinajstić information content (AvgIpc) is 3.36. The number of ether oxygens (including phenoxy) is 1. The van der Waals surface area contributed by atoms with Crippen molar-refractivity contribution < 1.29 is 13.2 Å². The number of aromatic nitrogens is 3. The maximum absolute atomic E-state index is 12.9. The molecule has 0 aliphatic carbocycles. The van der Waals surface area contributed by atoms with Crippen molar-refractivity contribution in [2.75, 3.05) is 13.1 Å². The van der Waals surface area contributed by atoms with Crippen LogP contribution in [0.3, 0.4) is 0 Å². The highest BCUT2D eigenvalue weighted by Gasteiger charge is 2.34. The van der Waals surface area contributed by atoms with E-state index in [1.54, 1.807) is 41.5 Å². The van der Waals surface area contributed by atoms with Crippen LogP contribution in [0.4, 0.5) is 0 Å². The Kier molecular flexibility index (Phi) is 4.67. The predicted molar refractivity (Wildman–Crippen MR) is 100 cm³/mol. The first kappa shape index (κ1) is 17.7. The van der Waals surface area contributed by atoms with Crippen molar-refractivity contribution in [2.45, 2.75) is 24.3 Å². The molecule has 140 valence electrons. The Morgan fingerprint density at radius 3 is 2.44 bits per heavy atom. The fraction of sp³-hybridized carbons (Fsp3) is 0.263. The lowest BCUT2D eigenvalue weighted by atomic mass is 10.2. The zero-order valence-corrected chi connectivity index (χ0v) is 15.7. The molecular formula is C19H20N4O3S. The SMILES string of the molecule is Cc1ccccc1Oc1ccc(S(=O)(=O)N2CCC(n3nccn3)C2)cc1. The molecule has 1 aliphatic heterocycles. The van der Waals surface area contributed by atoms with Crippen molar-refractivity contribution in [1.29, 1.82) is 0 Å². The van der Waals surface area contributed by atoms with Crippen LogP contribution >= 0.6 is 0 Å². The van der Waals surface area contributed by atoms with Crippen molar-refractivity contribution >= 4 is 10.0 Å². The number of nitrogens with zero attached hydrogens (tertiary/aromatic N) is 4. The molecule has 27 heavy (non-hydrogen) atoms. The summed E-state index contributed by atoms with van der Waals surface area (Å²) in [5.41, 5.74) is 1.02. The first-order valence-electron chi connectivity index (χ1n) is 8.73. The third-order valence-electron chi connectivity index (χ3n) is 4.67. The van der Waals surface area contributed by atoms with Gasteiger partial charge in [0, 0.05) is 13.1 Å². The van der Waals surface area contributed by atoms with Gasteiger partial charge in [0.15, 0.2) is 0 Å². The van der Waals surface area contributed by atoms with Crippen LogP contribution in [0.25, 0.3) is 0 Å². The third kappa shape index (κ3) is 3.58. The molecule has 2 heterocycles. The van der Waals surface area contributed by atoms with Crippen LogP contribution in [0.15, 0.2) is 65.8 Å². The maximum Gasteiger partial charge on any atom is 0.243 e. The molecule has 0 bridgehead atoms. The van der Waals surface area contributed by atoms with Gasteiger partial charge in [-0.15, -0.1) is 0 Å². The molecule has 1 aliphatic rings. The number of hydrogen-bond donors (Lipinski definition) is 0. The minimum atomic E-state index is -3.55. The van der Waals surface area contributed by atoms with E-state index in [2.05, 4.69) is 10.2 Å². The van der Waals surface area contributed by atoms with Crippen molar-refractivity contribution in [2.24, 2.45) is 0 Å². The number of sulfonamides is 1. The lowest BCUT2D eigenvalue weighted by Gasteiger charge is -2.17. The number of aryl methyl sites for hydroxylation is 1. The summed E-state index contributed by atoms with van der Waals surface area (Å²) in [7, 11) is -3.55. The minimum absolute atomic E-state index is 0.0292. The van der Waals surface area contributed by atoms with Gasteiger partial charge in [0.2, 0.25) is 10.0 Å². The largest absolute Gasteiger partial charge is 0.457 e. The number of hydrogen-bond acceptors (Lipinski definition) is 5. The molecule has 8 heteroatoms. The molecule has 0 amide bonds. The second kappa shape index (κ2) is 7.13. The van der Waals surface area contributed by atoms with Crippen molar-refractivity contribution in [3.8, 4) is 11.5 Å². The number of rotatable bonds is 5. The third-order valence-corrected chi connectivity index (χ3v) is 6.55. The van der Waals surface area contributed by atoms with Crippen LogP contribution < -0.4 is 4.74 Å². The van der Waals surface area contributed by atoms with Gasteiger partial charge in [0.05, 0.1) is 23.3 Å². The van der Waals surface area contributed by atoms with Gasteiger partial charge in [-0.2, -0.15) is 19.3 Å². The zero-order chi connectivity index (χ0) is 18.9. The Labute approximate surface area is 158 Å². The molecule has 1 saturated heterocycles. The molecule has 1 atom stereocenters. The fourth-order valence-corrected chi connectivity index (χ4v) is 4.65. The van der Waals surface area contributed by atoms with E-state index in [0.29, 0.717) is 25.3 Å². The number of para-hydroxylation sites is 1. The van der Waals surface area contributed by atoms with Crippen LogP contribution in [0, 0.1) is 6.92 Å². The van der Waals surface area contributed by atoms with E-state index in [1.165, 1.54) is 4.31 Å². The summed E-state index contributed by atoms with van der Waals surface area (Å²) in [5.74, 6) is 1.35. The van der Waals surface area contributed by atoms with Gasteiger partial charge in [-0.1, -0.05) is 18.2 Å². The van der Waals surface area contributed by atoms with Crippen LogP contribution in [0.2, 0.25) is 0 Å². The van der Waals surface area contributed by atoms with Gasteiger partial charge in [0.25, 0.3) is 0 Å². The summed E-state index contributed by atoms with van der Waals surface area (Å²) in [6, 6.07) is 14.2. The van der Waals surface area contributed by atoms with E-state index >= 15 is 0 Å². The highest BCUT2D eigenvalue weighted by molar-refractivity contribution is 7.89. The first-order valence-corrected chi connectivity index (χ1v) is 10.2. The Hall–Kier alpha value is -2.71. The van der Waals surface area contributed by atoms with E-state index in [0.717, 1.165) is 11.3 Å². The van der Waals surface area contributed by atoms with Crippen LogP contribution in [-0.4, -0.2) is 40.8 Å². The lowest BCUT2D eigenvalue weighted by Crippen LogP contribution is -2.29. The molecule has 1 aromatic heterocycles. The van der Waals surface area contributed by atoms with Gasteiger partial charge < -0.3 is 4.74 Å². The summed E-state index contributed by atoms with van der Waals surface area (Å²) in [6.07, 6.45) is 3.90. The van der Waals surface area contributed by atoms with Gasteiger partial charge in [0.1, 0.15) is 11.5 Å². The Morgan fingerprint density at radius 2 is 1.74 bits per heavy atom. The van der Waals surface area contributed by atoms with Gasteiger partial charge in [-0.3, -0.25) is 0 Å². The van der Waals surface area contributed by atoms with E-state index in [9.17, 15) is 8.42 Å². The lowest BCUT2D eigenvalue weighted by molar-refractivity contribution is 0.402. The van der Waals surface area contributed by atoms with Crippen molar-refractivity contribution in [3.63, 3.8) is 0 Å². The fourth-order valence-electron chi connectivity index (χ4n) is 3.16. The zero-order valence-electron chi connectivity index (χ0n) is 14.9. The Bertz CT molecular complexity index is 1020. The topological polar surface area (TPSA) is 77.3 Å². The molecule has 3 aromatic rings. The second-order valence-electron chi connectivity index (χ2n) is 6.49. The summed E-state index contributed by atoms with van der Waals surface area (Å²) < 4.78 is 33.1. The molecule has 0 spiro atoms. The molecule has 0 N–H and O–H groups in total. The minimum Gasteiger partial charge on any atom is -0.457 e. The predicted octanol–water partition coefficient (Wildman–Crippen LogP) is 3.01. The van der Waals surface area contributed by atoms with Gasteiger partial charge in [-0.05, 0) is 49.2 Å². The standard InChI is InChI=1S/C19H20N4O3S/c1-15-4-2-3-5-19(15)26-17-6-8-18(9-7-17)27(24,25)22-13-10-16(14-22)23-20-11-12-21-23/h2-9,11-12,16H,10,13-14H2,1H3. The first-order chi connectivity index (χ1) is 13.0. The summed E-state index contributed by atoms with van der Waals surface area (Å²) >= 11 is 0. The molecule has 1 unspecified atom stereocenters. The quantitative estimate of drug-likeness (QED) is 0.676. The molecular weight excluding hydrogens is 364 g/mol. The highest BCUT2D eigenvalue weighted by Crippen LogP contribution is 2.29. The summed E-state index contributed by atoms with van der Waals surface area (Å²) in [5, 5.41) is 8.23. The van der Waals surface area contributed by atoms with Crippen LogP contribution in [0.5, 0.6) is 11.5 Å². The second-order valence-corrected chi connectivity index (χ2v) is 8.43. The summed E-state index contributed by atoms with van der Waals surface area (Å²) in [6.45, 7) is 2.79. The van der Waals surface area contributed by atoms with Gasteiger partial charge >= 0.3 is 0 Å². The van der Waals surface area contributed by atoms with Crippen LogP contribution in [-0.2, 0) is 10.0 Å². The molecule has 2 aromatic carbocycles. The highest BCUT2D eigenvalue weighted by atomic mass is 32.2. The molecule has 4 rings (SSSR count). The maximum atomic E-state index is 12.9. The number of benzene rings is 2. The Balaban J connectivity index is 1.49. The van der Waals surface area contributed by atoms with Crippen molar-refractivity contribution in [1.82, 2.24) is 19.3 Å². The smallest absolute Gasteiger partial charge is 0.243 e. The summed E-state index contributed by atoms with van der Waals surface area (Å²) in [4.78, 5) is 1.84. The Morgan fingerprint density at radius 1 is 1.04 bits per heavy atom. The average molecular weight is 384 g/mol. The molecule has 0 saturated carbocycles. The monoisotopic (exact) mass is 384 g/mol. The van der Waals surface area contributed by atoms with E-state index in [-0.39, 0.29) is 10.9 Å². The van der Waals surface area contributed by atoms with E-state index in [4.69, 9.17) is 4.74 Å².